The second-order valence-electron chi connectivity index (χ2n) is 4.49. The highest BCUT2D eigenvalue weighted by molar-refractivity contribution is 7.09. The van der Waals surface area contributed by atoms with E-state index in [1.54, 1.807) is 17.4 Å². The Morgan fingerprint density at radius 2 is 2.32 bits per heavy atom. The normalized spacial score (nSPS) is 12.3. The molecule has 4 nitrogen and oxygen atoms in total. The van der Waals surface area contributed by atoms with Crippen molar-refractivity contribution in [3.05, 3.63) is 51.5 Å². The molecule has 2 rings (SSSR count). The highest BCUT2D eigenvalue weighted by atomic mass is 32.1. The molecule has 3 N–H and O–H groups in total. The van der Waals surface area contributed by atoms with Crippen LogP contribution < -0.4 is 11.1 Å². The second kappa shape index (κ2) is 5.95. The van der Waals surface area contributed by atoms with Crippen LogP contribution in [0.2, 0.25) is 0 Å². The zero-order chi connectivity index (χ0) is 13.8. The van der Waals surface area contributed by atoms with Crippen LogP contribution in [-0.4, -0.2) is 10.9 Å². The summed E-state index contributed by atoms with van der Waals surface area (Å²) in [6, 6.07) is 7.54. The molecule has 0 saturated heterocycles. The van der Waals surface area contributed by atoms with Gasteiger partial charge in [-0.05, 0) is 31.5 Å². The Hall–Kier alpha value is -1.72. The van der Waals surface area contributed by atoms with Gasteiger partial charge >= 0.3 is 0 Å². The van der Waals surface area contributed by atoms with E-state index in [0.717, 1.165) is 16.3 Å². The summed E-state index contributed by atoms with van der Waals surface area (Å²) in [7, 11) is 0. The molecule has 1 heterocycles. The van der Waals surface area contributed by atoms with Crippen molar-refractivity contribution in [1.82, 2.24) is 10.3 Å². The molecule has 1 unspecified atom stereocenters. The molecule has 5 heteroatoms. The van der Waals surface area contributed by atoms with Crippen molar-refractivity contribution < 1.29 is 4.79 Å². The predicted molar refractivity (Wildman–Crippen MR) is 77.1 cm³/mol. The molecule has 1 aromatic heterocycles. The van der Waals surface area contributed by atoms with Gasteiger partial charge < -0.3 is 11.1 Å². The summed E-state index contributed by atoms with van der Waals surface area (Å²) in [6.45, 7) is 4.75. The Labute approximate surface area is 116 Å². The smallest absolute Gasteiger partial charge is 0.248 e. The number of benzene rings is 1. The average Bonchev–Trinajstić information content (AvgIpc) is 2.83. The van der Waals surface area contributed by atoms with Crippen molar-refractivity contribution >= 4 is 17.2 Å². The van der Waals surface area contributed by atoms with E-state index >= 15 is 0 Å². The van der Waals surface area contributed by atoms with Gasteiger partial charge in [-0.3, -0.25) is 4.79 Å². The number of aryl methyl sites for hydroxylation is 1. The Balaban J connectivity index is 1.98. The van der Waals surface area contributed by atoms with Crippen LogP contribution in [0.5, 0.6) is 0 Å². The Morgan fingerprint density at radius 1 is 1.53 bits per heavy atom. The summed E-state index contributed by atoms with van der Waals surface area (Å²) in [4.78, 5) is 15.6. The van der Waals surface area contributed by atoms with Gasteiger partial charge in [0.1, 0.15) is 5.01 Å². The molecule has 19 heavy (non-hydrogen) atoms. The molecular weight excluding hydrogens is 258 g/mol. The maximum atomic E-state index is 11.1. The predicted octanol–water partition coefficient (Wildman–Crippen LogP) is 2.40. The largest absolute Gasteiger partial charge is 0.366 e. The Kier molecular flexibility index (Phi) is 4.29. The van der Waals surface area contributed by atoms with E-state index in [1.807, 2.05) is 30.5 Å². The minimum Gasteiger partial charge on any atom is -0.366 e. The molecule has 0 spiro atoms. The van der Waals surface area contributed by atoms with E-state index in [9.17, 15) is 4.79 Å². The van der Waals surface area contributed by atoms with Crippen LogP contribution >= 0.6 is 11.3 Å². The van der Waals surface area contributed by atoms with Crippen LogP contribution in [0.25, 0.3) is 0 Å². The van der Waals surface area contributed by atoms with E-state index in [4.69, 9.17) is 5.73 Å². The highest BCUT2D eigenvalue weighted by Gasteiger charge is 2.09. The molecule has 0 radical (unpaired) electrons. The molecular formula is C14H17N3OS. The number of carbonyl (C=O) groups excluding carboxylic acids is 1. The first kappa shape index (κ1) is 13.7. The number of nitrogens with one attached hydrogen (secondary N) is 1. The average molecular weight is 275 g/mol. The summed E-state index contributed by atoms with van der Waals surface area (Å²) >= 11 is 1.65. The zero-order valence-electron chi connectivity index (χ0n) is 11.0. The molecule has 0 aliphatic rings. The fraction of sp³-hybridized carbons (Fsp3) is 0.286. The van der Waals surface area contributed by atoms with Crippen LogP contribution in [-0.2, 0) is 6.54 Å². The van der Waals surface area contributed by atoms with Crippen molar-refractivity contribution in [2.45, 2.75) is 26.4 Å². The molecule has 0 aliphatic carbocycles. The van der Waals surface area contributed by atoms with Crippen LogP contribution in [0.3, 0.4) is 0 Å². The summed E-state index contributed by atoms with van der Waals surface area (Å²) in [5.74, 6) is -0.398. The van der Waals surface area contributed by atoms with Gasteiger partial charge in [0.05, 0.1) is 6.04 Å². The number of hydrogen-bond donors (Lipinski definition) is 2. The molecule has 1 amide bonds. The second-order valence-corrected chi connectivity index (χ2v) is 5.38. The lowest BCUT2D eigenvalue weighted by Crippen LogP contribution is -2.18. The van der Waals surface area contributed by atoms with Crippen LogP contribution in [0.1, 0.15) is 39.6 Å². The molecule has 100 valence electrons. The lowest BCUT2D eigenvalue weighted by Gasteiger charge is -2.11. The van der Waals surface area contributed by atoms with Crippen LogP contribution in [0.15, 0.2) is 29.6 Å². The molecule has 0 aliphatic heterocycles. The number of rotatable bonds is 5. The van der Waals surface area contributed by atoms with Gasteiger partial charge in [-0.1, -0.05) is 12.1 Å². The third-order valence-corrected chi connectivity index (χ3v) is 3.98. The molecule has 1 atom stereocenters. The number of thiazole rings is 1. The minimum absolute atomic E-state index is 0.191. The first-order valence-electron chi connectivity index (χ1n) is 6.10. The van der Waals surface area contributed by atoms with Crippen LogP contribution in [0.4, 0.5) is 0 Å². The summed E-state index contributed by atoms with van der Waals surface area (Å²) in [6.07, 6.45) is 0. The molecule has 0 saturated carbocycles. The van der Waals surface area contributed by atoms with E-state index < -0.39 is 5.91 Å². The van der Waals surface area contributed by atoms with Gasteiger partial charge in [0, 0.05) is 23.2 Å². The van der Waals surface area contributed by atoms with Gasteiger partial charge in [0.2, 0.25) is 5.91 Å². The maximum absolute atomic E-state index is 11.1. The Morgan fingerprint density at radius 3 is 2.95 bits per heavy atom. The molecule has 0 fully saturated rings. The number of amides is 1. The zero-order valence-corrected chi connectivity index (χ0v) is 11.8. The van der Waals surface area contributed by atoms with Crippen molar-refractivity contribution in [3.63, 3.8) is 0 Å². The van der Waals surface area contributed by atoms with E-state index in [2.05, 4.69) is 17.2 Å². The van der Waals surface area contributed by atoms with Crippen molar-refractivity contribution in [2.24, 2.45) is 5.73 Å². The third kappa shape index (κ3) is 3.62. The van der Waals surface area contributed by atoms with Gasteiger partial charge in [0.15, 0.2) is 0 Å². The lowest BCUT2D eigenvalue weighted by atomic mass is 10.1. The van der Waals surface area contributed by atoms with E-state index in [0.29, 0.717) is 12.1 Å². The number of aromatic nitrogens is 1. The summed E-state index contributed by atoms with van der Waals surface area (Å²) in [5, 5.41) is 6.51. The lowest BCUT2D eigenvalue weighted by molar-refractivity contribution is 0.1000. The number of nitrogens with two attached hydrogens (primary N) is 1. The number of primary amides is 1. The first-order valence-corrected chi connectivity index (χ1v) is 6.98. The third-order valence-electron chi connectivity index (χ3n) is 2.83. The maximum Gasteiger partial charge on any atom is 0.248 e. The topological polar surface area (TPSA) is 68.0 Å². The fourth-order valence-electron chi connectivity index (χ4n) is 1.76. The quantitative estimate of drug-likeness (QED) is 0.880. The fourth-order valence-corrected chi connectivity index (χ4v) is 2.59. The van der Waals surface area contributed by atoms with Crippen molar-refractivity contribution in [2.75, 3.05) is 0 Å². The molecule has 0 bridgehead atoms. The Bertz CT molecular complexity index is 580. The monoisotopic (exact) mass is 275 g/mol. The summed E-state index contributed by atoms with van der Waals surface area (Å²) in [5.41, 5.74) is 7.89. The number of hydrogen-bond acceptors (Lipinski definition) is 4. The van der Waals surface area contributed by atoms with Gasteiger partial charge in [-0.25, -0.2) is 4.98 Å². The van der Waals surface area contributed by atoms with E-state index in [-0.39, 0.29) is 6.04 Å². The molecule has 2 aromatic rings. The SMILES string of the molecule is Cc1csc(C(C)NCc2cccc(C(N)=O)c2)n1. The van der Waals surface area contributed by atoms with E-state index in [1.165, 1.54) is 0 Å². The highest BCUT2D eigenvalue weighted by Crippen LogP contribution is 2.18. The van der Waals surface area contributed by atoms with Crippen LogP contribution in [0, 0.1) is 6.92 Å². The number of carbonyl (C=O) groups is 1. The van der Waals surface area contributed by atoms with Gasteiger partial charge in [-0.2, -0.15) is 0 Å². The number of nitrogens with zero attached hydrogens (tertiary/aromatic N) is 1. The summed E-state index contributed by atoms with van der Waals surface area (Å²) < 4.78 is 0. The van der Waals surface area contributed by atoms with Crippen molar-refractivity contribution in [1.29, 1.82) is 0 Å². The minimum atomic E-state index is -0.398. The van der Waals surface area contributed by atoms with Gasteiger partial charge in [0.25, 0.3) is 0 Å². The van der Waals surface area contributed by atoms with Gasteiger partial charge in [-0.15, -0.1) is 11.3 Å². The molecule has 1 aromatic carbocycles. The standard InChI is InChI=1S/C14H17N3OS/c1-9-8-19-14(17-9)10(2)16-7-11-4-3-5-12(6-11)13(15)18/h3-6,8,10,16H,7H2,1-2H3,(H2,15,18). The first-order chi connectivity index (χ1) is 9.06. The van der Waals surface area contributed by atoms with Crippen molar-refractivity contribution in [3.8, 4) is 0 Å².